The highest BCUT2D eigenvalue weighted by molar-refractivity contribution is 9.08. The van der Waals surface area contributed by atoms with Crippen LogP contribution in [0.25, 0.3) is 0 Å². The Hall–Kier alpha value is -1.42. The van der Waals surface area contributed by atoms with Gasteiger partial charge >= 0.3 is 0 Å². The molecule has 0 N–H and O–H groups in total. The third-order valence-corrected chi connectivity index (χ3v) is 3.13. The first kappa shape index (κ1) is 13.0. The molecule has 0 aromatic heterocycles. The average molecular weight is 313 g/mol. The van der Waals surface area contributed by atoms with Crippen LogP contribution in [0, 0.1) is 18.6 Å². The highest BCUT2D eigenvalue weighted by Crippen LogP contribution is 2.30. The number of ether oxygens (including phenoxy) is 1. The maximum Gasteiger partial charge on any atom is 0.134 e. The normalized spacial score (nSPS) is 10.4. The average Bonchev–Trinajstić information content (AvgIpc) is 2.33. The zero-order valence-electron chi connectivity index (χ0n) is 9.71. The fourth-order valence-corrected chi connectivity index (χ4v) is 2.15. The first-order valence-electron chi connectivity index (χ1n) is 5.39. The second kappa shape index (κ2) is 5.48. The summed E-state index contributed by atoms with van der Waals surface area (Å²) in [5.41, 5.74) is 1.11. The van der Waals surface area contributed by atoms with Gasteiger partial charge in [-0.3, -0.25) is 0 Å². The van der Waals surface area contributed by atoms with Crippen LogP contribution in [-0.2, 0) is 5.33 Å². The number of aryl methyl sites for hydroxylation is 1. The quantitative estimate of drug-likeness (QED) is 0.728. The minimum atomic E-state index is -0.330. The highest BCUT2D eigenvalue weighted by Gasteiger charge is 2.10. The summed E-state index contributed by atoms with van der Waals surface area (Å²) in [6.07, 6.45) is 0. The number of hydrogen-bond donors (Lipinski definition) is 0. The summed E-state index contributed by atoms with van der Waals surface area (Å²) in [6, 6.07) is 8.87. The van der Waals surface area contributed by atoms with Crippen molar-refractivity contribution >= 4 is 15.9 Å². The zero-order chi connectivity index (χ0) is 13.1. The van der Waals surface area contributed by atoms with E-state index < -0.39 is 0 Å². The summed E-state index contributed by atoms with van der Waals surface area (Å²) in [6.45, 7) is 1.74. The van der Waals surface area contributed by atoms with Crippen LogP contribution >= 0.6 is 15.9 Å². The van der Waals surface area contributed by atoms with Crippen molar-refractivity contribution < 1.29 is 13.5 Å². The van der Waals surface area contributed by atoms with Gasteiger partial charge in [-0.2, -0.15) is 0 Å². The van der Waals surface area contributed by atoms with Crippen LogP contribution in [0.2, 0.25) is 0 Å². The van der Waals surface area contributed by atoms with Crippen molar-refractivity contribution in [2.75, 3.05) is 0 Å². The van der Waals surface area contributed by atoms with Gasteiger partial charge in [0.1, 0.15) is 23.1 Å². The molecule has 0 aliphatic heterocycles. The van der Waals surface area contributed by atoms with E-state index in [0.29, 0.717) is 28.0 Å². The van der Waals surface area contributed by atoms with Crippen LogP contribution < -0.4 is 4.74 Å². The molecule has 18 heavy (non-hydrogen) atoms. The van der Waals surface area contributed by atoms with Gasteiger partial charge in [0, 0.05) is 10.9 Å². The lowest BCUT2D eigenvalue weighted by Gasteiger charge is -2.12. The summed E-state index contributed by atoms with van der Waals surface area (Å²) >= 11 is 3.22. The molecule has 0 atom stereocenters. The van der Waals surface area contributed by atoms with E-state index >= 15 is 0 Å². The third kappa shape index (κ3) is 2.70. The molecule has 0 bridgehead atoms. The van der Waals surface area contributed by atoms with Crippen molar-refractivity contribution in [1.29, 1.82) is 0 Å². The predicted molar refractivity (Wildman–Crippen MR) is 70.2 cm³/mol. The monoisotopic (exact) mass is 312 g/mol. The molecule has 4 heteroatoms. The SMILES string of the molecule is Cc1cc(F)ccc1Oc1cccc(F)c1CBr. The van der Waals surface area contributed by atoms with Gasteiger partial charge in [-0.15, -0.1) is 0 Å². The second-order valence-electron chi connectivity index (χ2n) is 3.86. The van der Waals surface area contributed by atoms with E-state index in [0.717, 1.165) is 0 Å². The Morgan fingerprint density at radius 3 is 2.56 bits per heavy atom. The number of hydrogen-bond acceptors (Lipinski definition) is 1. The number of halogens is 3. The molecular formula is C14H11BrF2O. The molecule has 94 valence electrons. The van der Waals surface area contributed by atoms with Crippen molar-refractivity contribution in [1.82, 2.24) is 0 Å². The molecule has 1 nitrogen and oxygen atoms in total. The van der Waals surface area contributed by atoms with E-state index in [1.54, 1.807) is 19.1 Å². The van der Waals surface area contributed by atoms with Crippen LogP contribution in [-0.4, -0.2) is 0 Å². The molecule has 2 aromatic carbocycles. The van der Waals surface area contributed by atoms with Crippen LogP contribution in [0.15, 0.2) is 36.4 Å². The second-order valence-corrected chi connectivity index (χ2v) is 4.42. The predicted octanol–water partition coefficient (Wildman–Crippen LogP) is 4.96. The summed E-state index contributed by atoms with van der Waals surface area (Å²) in [5.74, 6) is 0.301. The van der Waals surface area contributed by atoms with Crippen molar-refractivity contribution in [2.45, 2.75) is 12.3 Å². The summed E-state index contributed by atoms with van der Waals surface area (Å²) < 4.78 is 32.2. The molecule has 0 saturated heterocycles. The van der Waals surface area contributed by atoms with Gasteiger partial charge in [-0.1, -0.05) is 22.0 Å². The molecule has 0 amide bonds. The Labute approximate surface area is 113 Å². The Balaban J connectivity index is 2.37. The largest absolute Gasteiger partial charge is 0.457 e. The van der Waals surface area contributed by atoms with Crippen LogP contribution in [0.5, 0.6) is 11.5 Å². The lowest BCUT2D eigenvalue weighted by molar-refractivity contribution is 0.465. The number of alkyl halides is 1. The Morgan fingerprint density at radius 2 is 1.89 bits per heavy atom. The maximum absolute atomic E-state index is 13.5. The van der Waals surface area contributed by atoms with Crippen LogP contribution in [0.4, 0.5) is 8.78 Å². The van der Waals surface area contributed by atoms with E-state index in [9.17, 15) is 8.78 Å². The maximum atomic E-state index is 13.5. The van der Waals surface area contributed by atoms with Gasteiger partial charge in [-0.25, -0.2) is 8.78 Å². The molecular weight excluding hydrogens is 302 g/mol. The molecule has 0 aliphatic carbocycles. The fourth-order valence-electron chi connectivity index (χ4n) is 1.61. The molecule has 0 aliphatic rings. The van der Waals surface area contributed by atoms with E-state index in [1.165, 1.54) is 24.3 Å². The van der Waals surface area contributed by atoms with Crippen molar-refractivity contribution in [3.05, 3.63) is 59.2 Å². The molecule has 0 heterocycles. The first-order chi connectivity index (χ1) is 8.61. The van der Waals surface area contributed by atoms with Gasteiger partial charge in [0.05, 0.1) is 0 Å². The minimum absolute atomic E-state index is 0.320. The number of rotatable bonds is 3. The lowest BCUT2D eigenvalue weighted by atomic mass is 10.2. The topological polar surface area (TPSA) is 9.23 Å². The smallest absolute Gasteiger partial charge is 0.134 e. The van der Waals surface area contributed by atoms with Gasteiger partial charge in [-0.05, 0) is 42.8 Å². The molecule has 0 fully saturated rings. The summed E-state index contributed by atoms with van der Waals surface area (Å²) in [4.78, 5) is 0. The van der Waals surface area contributed by atoms with Crippen molar-refractivity contribution in [3.8, 4) is 11.5 Å². The van der Waals surface area contributed by atoms with Crippen molar-refractivity contribution in [2.24, 2.45) is 0 Å². The van der Waals surface area contributed by atoms with Gasteiger partial charge < -0.3 is 4.74 Å². The zero-order valence-corrected chi connectivity index (χ0v) is 11.3. The first-order valence-corrected chi connectivity index (χ1v) is 6.51. The van der Waals surface area contributed by atoms with E-state index in [-0.39, 0.29) is 11.6 Å². The molecule has 0 saturated carbocycles. The molecule has 2 rings (SSSR count). The van der Waals surface area contributed by atoms with E-state index in [1.807, 2.05) is 0 Å². The van der Waals surface area contributed by atoms with Gasteiger partial charge in [0.25, 0.3) is 0 Å². The van der Waals surface area contributed by atoms with Crippen LogP contribution in [0.3, 0.4) is 0 Å². The lowest BCUT2D eigenvalue weighted by Crippen LogP contribution is -1.94. The highest BCUT2D eigenvalue weighted by atomic mass is 79.9. The molecule has 0 radical (unpaired) electrons. The summed E-state index contributed by atoms with van der Waals surface area (Å²) in [5, 5.41) is 0.356. The molecule has 0 unspecified atom stereocenters. The van der Waals surface area contributed by atoms with E-state index in [4.69, 9.17) is 4.74 Å². The van der Waals surface area contributed by atoms with E-state index in [2.05, 4.69) is 15.9 Å². The Morgan fingerprint density at radius 1 is 1.11 bits per heavy atom. The number of benzene rings is 2. The molecule has 2 aromatic rings. The standard InChI is InChI=1S/C14H11BrF2O/c1-9-7-10(16)5-6-13(9)18-14-4-2-3-12(17)11(14)8-15/h2-7H,8H2,1H3. The Bertz CT molecular complexity index is 570. The van der Waals surface area contributed by atoms with Gasteiger partial charge in [0.15, 0.2) is 0 Å². The fraction of sp³-hybridized carbons (Fsp3) is 0.143. The van der Waals surface area contributed by atoms with Gasteiger partial charge in [0.2, 0.25) is 0 Å². The van der Waals surface area contributed by atoms with Crippen LogP contribution in [0.1, 0.15) is 11.1 Å². The third-order valence-electron chi connectivity index (χ3n) is 2.57. The van der Waals surface area contributed by atoms with Crippen molar-refractivity contribution in [3.63, 3.8) is 0 Å². The Kier molecular flexibility index (Phi) is 3.97. The molecule has 0 spiro atoms. The summed E-state index contributed by atoms with van der Waals surface area (Å²) in [7, 11) is 0. The minimum Gasteiger partial charge on any atom is -0.457 e.